The number of fused-ring (bicyclic) bond motifs is 1. The monoisotopic (exact) mass is 1400 g/mol. The van der Waals surface area contributed by atoms with Crippen LogP contribution in [0.2, 0.25) is 0 Å². The summed E-state index contributed by atoms with van der Waals surface area (Å²) >= 11 is 16.5. The van der Waals surface area contributed by atoms with Gasteiger partial charge in [0.1, 0.15) is 10.9 Å². The van der Waals surface area contributed by atoms with Gasteiger partial charge in [-0.1, -0.05) is 157 Å². The normalized spacial score (nSPS) is 13.0. The van der Waals surface area contributed by atoms with Crippen LogP contribution in [0.25, 0.3) is 69.8 Å². The Labute approximate surface area is 593 Å². The van der Waals surface area contributed by atoms with Crippen LogP contribution in [0.3, 0.4) is 0 Å². The SMILES string of the molecule is CCCCCCc1ccsc1-c1ccc(-c2sc(C#N)cc2CCCCCC)s1.CCCCCCc1ccsc1-c1ccc(-c2sc(C3=C4C(=O)NC(c5cc(CCCCCC)c(-c6ccc(-c7sccc7CCCCCC)s6)s5)=C4C(=O)C3)cc2CCCCCC)s1. The summed E-state index contributed by atoms with van der Waals surface area (Å²) < 4.78 is 0. The Morgan fingerprint density at radius 1 is 0.355 bits per heavy atom. The summed E-state index contributed by atoms with van der Waals surface area (Å²) in [4.78, 5) is 47.5. The first kappa shape index (κ1) is 71.2. The maximum absolute atomic E-state index is 14.3. The number of nitriles is 1. The Morgan fingerprint density at radius 3 is 1.06 bits per heavy atom. The van der Waals surface area contributed by atoms with E-state index in [4.69, 9.17) is 0 Å². The molecule has 1 N–H and O–H groups in total. The maximum Gasteiger partial charge on any atom is 0.256 e. The molecule has 10 heterocycles. The van der Waals surface area contributed by atoms with Gasteiger partial charge in [-0.05, 0) is 205 Å². The highest BCUT2D eigenvalue weighted by atomic mass is 32.1. The molecule has 0 atom stereocenters. The van der Waals surface area contributed by atoms with Gasteiger partial charge in [0.25, 0.3) is 5.91 Å². The average Bonchev–Trinajstić information content (AvgIpc) is 1.58. The van der Waals surface area contributed by atoms with Crippen LogP contribution >= 0.6 is 102 Å². The zero-order valence-corrected chi connectivity index (χ0v) is 63.4. The zero-order valence-electron chi connectivity index (χ0n) is 56.0. The van der Waals surface area contributed by atoms with Crippen LogP contribution in [0.15, 0.2) is 100 Å². The Balaban J connectivity index is 0.000000272. The van der Waals surface area contributed by atoms with Crippen molar-refractivity contribution < 1.29 is 9.59 Å². The number of carbonyl (C=O) groups is 2. The molecule has 0 unspecified atom stereocenters. The molecule has 2 aliphatic rings. The Morgan fingerprint density at radius 2 is 0.688 bits per heavy atom. The van der Waals surface area contributed by atoms with Gasteiger partial charge in [0.15, 0.2) is 5.78 Å². The molecule has 0 radical (unpaired) electrons. The lowest BCUT2D eigenvalue weighted by Gasteiger charge is -2.03. The van der Waals surface area contributed by atoms with Crippen LogP contribution in [0, 0.1) is 11.3 Å². The second kappa shape index (κ2) is 36.7. The number of nitrogens with zero attached hydrogens (tertiary/aromatic N) is 1. The molecule has 0 spiro atoms. The number of hydrogen-bond donors (Lipinski definition) is 1. The highest BCUT2D eigenvalue weighted by molar-refractivity contribution is 7.28. The molecule has 1 aliphatic heterocycles. The van der Waals surface area contributed by atoms with Gasteiger partial charge in [-0.2, -0.15) is 5.26 Å². The molecule has 9 aromatic rings. The molecular weight excluding hydrogens is 1310 g/mol. The van der Waals surface area contributed by atoms with Crippen molar-refractivity contribution in [3.63, 3.8) is 0 Å². The van der Waals surface area contributed by atoms with Gasteiger partial charge in [0.2, 0.25) is 0 Å². The van der Waals surface area contributed by atoms with Gasteiger partial charge in [-0.25, -0.2) is 0 Å². The summed E-state index contributed by atoms with van der Waals surface area (Å²) in [6.07, 6.45) is 36.9. The molecule has 11 rings (SSSR count). The van der Waals surface area contributed by atoms with Gasteiger partial charge >= 0.3 is 0 Å². The van der Waals surface area contributed by atoms with Crippen molar-refractivity contribution in [3.8, 4) is 64.6 Å². The van der Waals surface area contributed by atoms with E-state index in [1.54, 1.807) is 34.0 Å². The van der Waals surface area contributed by atoms with E-state index in [-0.39, 0.29) is 18.1 Å². The number of Topliss-reactive ketones (excluding diaryl/α,β-unsaturated/α-hetero) is 1. The van der Waals surface area contributed by atoms with E-state index in [0.29, 0.717) is 11.1 Å². The van der Waals surface area contributed by atoms with Gasteiger partial charge in [0.05, 0.1) is 21.7 Å². The maximum atomic E-state index is 14.3. The summed E-state index contributed by atoms with van der Waals surface area (Å²) in [5.74, 6) is -0.0720. The van der Waals surface area contributed by atoms with Gasteiger partial charge in [0, 0.05) is 69.8 Å². The molecule has 0 aromatic carbocycles. The largest absolute Gasteiger partial charge is 0.320 e. The number of rotatable bonds is 38. The second-order valence-electron chi connectivity index (χ2n) is 25.3. The quantitative estimate of drug-likeness (QED) is 0.0392. The first-order valence-corrected chi connectivity index (χ1v) is 42.8. The number of unbranched alkanes of at least 4 members (excludes halogenated alkanes) is 18. The van der Waals surface area contributed by atoms with Crippen molar-refractivity contribution in [2.24, 2.45) is 0 Å². The highest BCUT2D eigenvalue weighted by Crippen LogP contribution is 2.52. The third-order valence-corrected chi connectivity index (χ3v) is 28.9. The summed E-state index contributed by atoms with van der Waals surface area (Å²) in [5, 5.41) is 19.4. The van der Waals surface area contributed by atoms with Gasteiger partial charge in [-0.15, -0.1) is 102 Å². The third kappa shape index (κ3) is 18.4. The molecule has 0 bridgehead atoms. The second-order valence-corrected chi connectivity index (χ2v) is 34.5. The van der Waals surface area contributed by atoms with E-state index < -0.39 is 0 Å². The van der Waals surface area contributed by atoms with Crippen LogP contribution in [-0.4, -0.2) is 11.7 Å². The molecule has 9 aromatic heterocycles. The molecule has 1 amide bonds. The smallest absolute Gasteiger partial charge is 0.256 e. The number of carbonyl (C=O) groups excluding carboxylic acids is 2. The average molecular weight is 1410 g/mol. The van der Waals surface area contributed by atoms with E-state index >= 15 is 0 Å². The first-order chi connectivity index (χ1) is 45.7. The van der Waals surface area contributed by atoms with Crippen LogP contribution < -0.4 is 5.32 Å². The molecule has 4 nitrogen and oxygen atoms in total. The summed E-state index contributed by atoms with van der Waals surface area (Å²) in [5.41, 5.74) is 11.3. The fourth-order valence-electron chi connectivity index (χ4n) is 13.0. The van der Waals surface area contributed by atoms with E-state index in [0.717, 1.165) is 70.8 Å². The van der Waals surface area contributed by atoms with Crippen molar-refractivity contribution in [1.29, 1.82) is 5.26 Å². The number of allylic oxidation sites excluding steroid dienone is 1. The van der Waals surface area contributed by atoms with Crippen LogP contribution in [-0.2, 0) is 48.1 Å². The molecule has 13 heteroatoms. The van der Waals surface area contributed by atoms with Crippen molar-refractivity contribution in [2.75, 3.05) is 0 Å². The van der Waals surface area contributed by atoms with Crippen LogP contribution in [0.4, 0.5) is 0 Å². The number of ketones is 1. The number of thiophene rings is 9. The minimum Gasteiger partial charge on any atom is -0.320 e. The number of amides is 1. The molecule has 492 valence electrons. The minimum absolute atomic E-state index is 0.0578. The third-order valence-electron chi connectivity index (χ3n) is 18.2. The summed E-state index contributed by atoms with van der Waals surface area (Å²) in [6.45, 7) is 13.6. The first-order valence-electron chi connectivity index (χ1n) is 35.3. The molecule has 93 heavy (non-hydrogen) atoms. The van der Waals surface area contributed by atoms with E-state index in [9.17, 15) is 14.9 Å². The molecular formula is C80H96N2O2S9. The summed E-state index contributed by atoms with van der Waals surface area (Å²) in [7, 11) is 0. The standard InChI is InChI=1S/C55H65NO2S6.C25H31NS3/c1-5-9-13-17-21-36-29-31-59-51(36)42-25-27-44(61-42)53-38(23-19-15-11-7-3)33-46(63-53)40-35-41(57)49-48(40)55(58)56-50(49)47-34-39(24-20-16-12-8-4)54(64-47)45-28-26-43(62-45)52-37(30-32-60-52)22-18-14-10-6-2;1-3-5-7-9-11-19-15-16-27-24(19)22-13-14-23(29-22)25-20(12-10-8-6-4-2)17-21(18-26)28-25/h25-34H,5-24,35H2,1-4H3,(H,56,58);13-17H,3-12H2,1-2H3. The molecule has 0 fully saturated rings. The summed E-state index contributed by atoms with van der Waals surface area (Å²) in [6, 6.07) is 29.9. The van der Waals surface area contributed by atoms with Crippen molar-refractivity contribution in [1.82, 2.24) is 5.32 Å². The highest BCUT2D eigenvalue weighted by Gasteiger charge is 2.42. The van der Waals surface area contributed by atoms with E-state index in [2.05, 4.69) is 142 Å². The van der Waals surface area contributed by atoms with Crippen molar-refractivity contribution in [2.45, 2.75) is 241 Å². The fraction of sp³-hybridized carbons (Fsp3) is 0.463. The zero-order chi connectivity index (χ0) is 64.9. The number of nitrogens with one attached hydrogen (secondary N) is 1. The number of aryl methyl sites for hydroxylation is 6. The predicted octanol–water partition coefficient (Wildman–Crippen LogP) is 27.8. The fourth-order valence-corrected chi connectivity index (χ4v) is 23.3. The van der Waals surface area contributed by atoms with E-state index in [1.807, 2.05) is 68.0 Å². The molecule has 0 saturated heterocycles. The topological polar surface area (TPSA) is 70.0 Å². The van der Waals surface area contributed by atoms with Crippen LogP contribution in [0.1, 0.15) is 250 Å². The lowest BCUT2D eigenvalue weighted by molar-refractivity contribution is -0.116. The van der Waals surface area contributed by atoms with E-state index in [1.165, 1.54) is 240 Å². The Kier molecular flexibility index (Phi) is 28.1. The minimum atomic E-state index is -0.130. The lowest BCUT2D eigenvalue weighted by atomic mass is 10.0. The van der Waals surface area contributed by atoms with Gasteiger partial charge in [-0.3, -0.25) is 9.59 Å². The van der Waals surface area contributed by atoms with Crippen molar-refractivity contribution >= 4 is 125 Å². The molecule has 0 saturated carbocycles. The predicted molar refractivity (Wildman–Crippen MR) is 416 cm³/mol. The lowest BCUT2D eigenvalue weighted by Crippen LogP contribution is -2.16. The van der Waals surface area contributed by atoms with Gasteiger partial charge < -0.3 is 5.32 Å². The van der Waals surface area contributed by atoms with Crippen molar-refractivity contribution in [3.05, 3.63) is 148 Å². The number of hydrogen-bond acceptors (Lipinski definition) is 12. The van der Waals surface area contributed by atoms with Crippen LogP contribution in [0.5, 0.6) is 0 Å². The Hall–Kier alpha value is -4.59. The molecule has 1 aliphatic carbocycles. The Bertz CT molecular complexity index is 3770.